The van der Waals surface area contributed by atoms with Crippen LogP contribution in [0.15, 0.2) is 60.7 Å². The Morgan fingerprint density at radius 2 is 1.92 bits per heavy atom. The molecule has 5 heteroatoms. The summed E-state index contributed by atoms with van der Waals surface area (Å²) in [6.45, 7) is 0. The molecule has 0 heterocycles. The van der Waals surface area contributed by atoms with E-state index in [-0.39, 0.29) is 11.4 Å². The largest absolute Gasteiger partial charge is 0.490 e. The number of nitriles is 1. The predicted molar refractivity (Wildman–Crippen MR) is 97.1 cm³/mol. The monoisotopic (exact) mass is 330 g/mol. The van der Waals surface area contributed by atoms with E-state index >= 15 is 0 Å². The minimum Gasteiger partial charge on any atom is -0.490 e. The summed E-state index contributed by atoms with van der Waals surface area (Å²) in [7, 11) is 1.38. The highest BCUT2D eigenvalue weighted by Gasteiger charge is 2.15. The van der Waals surface area contributed by atoms with E-state index in [0.717, 1.165) is 16.3 Å². The number of ether oxygens (including phenoxy) is 1. The Balaban J connectivity index is 2.14. The van der Waals surface area contributed by atoms with Gasteiger partial charge in [0.25, 0.3) is 0 Å². The lowest BCUT2D eigenvalue weighted by Crippen LogP contribution is -1.94. The number of allylic oxidation sites excluding steroid dienone is 1. The lowest BCUT2D eigenvalue weighted by Gasteiger charge is -2.06. The van der Waals surface area contributed by atoms with Crippen LogP contribution in [0.2, 0.25) is 0 Å². The van der Waals surface area contributed by atoms with Crippen LogP contribution in [0.3, 0.4) is 0 Å². The van der Waals surface area contributed by atoms with Gasteiger partial charge in [-0.1, -0.05) is 48.5 Å². The molecule has 0 N–H and O–H groups in total. The number of hydrogen-bond acceptors (Lipinski definition) is 4. The van der Waals surface area contributed by atoms with E-state index in [4.69, 9.17) is 4.74 Å². The van der Waals surface area contributed by atoms with Gasteiger partial charge in [0.15, 0.2) is 5.75 Å². The second-order valence-corrected chi connectivity index (χ2v) is 5.38. The molecular weight excluding hydrogens is 316 g/mol. The quantitative estimate of drug-likeness (QED) is 0.297. The van der Waals surface area contributed by atoms with Gasteiger partial charge < -0.3 is 4.74 Å². The van der Waals surface area contributed by atoms with Gasteiger partial charge in [0, 0.05) is 11.6 Å². The van der Waals surface area contributed by atoms with E-state index in [2.05, 4.69) is 6.07 Å². The Morgan fingerprint density at radius 1 is 1.16 bits per heavy atom. The Morgan fingerprint density at radius 3 is 2.64 bits per heavy atom. The summed E-state index contributed by atoms with van der Waals surface area (Å²) in [4.78, 5) is 10.7. The van der Waals surface area contributed by atoms with Gasteiger partial charge in [-0.25, -0.2) is 0 Å². The van der Waals surface area contributed by atoms with Crippen LogP contribution in [0, 0.1) is 21.4 Å². The lowest BCUT2D eigenvalue weighted by atomic mass is 9.97. The average Bonchev–Trinajstić information content (AvgIpc) is 2.65. The number of nitro groups is 1. The summed E-state index contributed by atoms with van der Waals surface area (Å²) in [5.41, 5.74) is 1.67. The van der Waals surface area contributed by atoms with Crippen LogP contribution in [0.1, 0.15) is 11.1 Å². The van der Waals surface area contributed by atoms with Crippen molar-refractivity contribution in [2.24, 2.45) is 0 Å². The third-order valence-corrected chi connectivity index (χ3v) is 3.91. The SMILES string of the molecule is COc1ccc(/C=C(/C#N)c2cccc3ccccc23)cc1[N+](=O)[O-]. The molecule has 0 aliphatic carbocycles. The Hall–Kier alpha value is -3.65. The molecule has 25 heavy (non-hydrogen) atoms. The Labute approximate surface area is 144 Å². The lowest BCUT2D eigenvalue weighted by molar-refractivity contribution is -0.385. The van der Waals surface area contributed by atoms with E-state index in [1.807, 2.05) is 42.5 Å². The van der Waals surface area contributed by atoms with Crippen LogP contribution < -0.4 is 4.74 Å². The molecule has 0 spiro atoms. The molecular formula is C20H14N2O3. The fourth-order valence-electron chi connectivity index (χ4n) is 2.74. The number of methoxy groups -OCH3 is 1. The van der Waals surface area contributed by atoms with Crippen LogP contribution in [0.25, 0.3) is 22.4 Å². The van der Waals surface area contributed by atoms with Crippen LogP contribution >= 0.6 is 0 Å². The summed E-state index contributed by atoms with van der Waals surface area (Å²) >= 11 is 0. The zero-order valence-electron chi connectivity index (χ0n) is 13.5. The minimum atomic E-state index is -0.500. The van der Waals surface area contributed by atoms with E-state index in [1.165, 1.54) is 19.2 Å². The number of benzene rings is 3. The summed E-state index contributed by atoms with van der Waals surface area (Å²) < 4.78 is 5.01. The van der Waals surface area contributed by atoms with Gasteiger partial charge in [-0.05, 0) is 28.5 Å². The first-order chi connectivity index (χ1) is 12.1. The molecule has 0 aliphatic rings. The van der Waals surface area contributed by atoms with Crippen molar-refractivity contribution in [1.29, 1.82) is 5.26 Å². The van der Waals surface area contributed by atoms with Crippen LogP contribution in [-0.4, -0.2) is 12.0 Å². The molecule has 0 atom stereocenters. The van der Waals surface area contributed by atoms with Gasteiger partial charge in [0.2, 0.25) is 0 Å². The first-order valence-corrected chi connectivity index (χ1v) is 7.56. The second-order valence-electron chi connectivity index (χ2n) is 5.38. The van der Waals surface area contributed by atoms with E-state index in [0.29, 0.717) is 11.1 Å². The fourth-order valence-corrected chi connectivity index (χ4v) is 2.74. The molecule has 0 radical (unpaired) electrons. The van der Waals surface area contributed by atoms with Crippen molar-refractivity contribution in [2.45, 2.75) is 0 Å². The maximum atomic E-state index is 11.2. The highest BCUT2D eigenvalue weighted by molar-refractivity contribution is 6.01. The standard InChI is InChI=1S/C20H14N2O3/c1-25-20-10-9-14(12-19(20)22(23)24)11-16(13-21)18-8-4-6-15-5-2-3-7-17(15)18/h2-12H,1H3/b16-11-. The maximum absolute atomic E-state index is 11.2. The first-order valence-electron chi connectivity index (χ1n) is 7.56. The fraction of sp³-hybridized carbons (Fsp3) is 0.0500. The summed E-state index contributed by atoms with van der Waals surface area (Å²) in [6, 6.07) is 20.3. The zero-order chi connectivity index (χ0) is 17.8. The molecule has 0 unspecified atom stereocenters. The molecule has 122 valence electrons. The van der Waals surface area contributed by atoms with Gasteiger partial charge >= 0.3 is 5.69 Å². The minimum absolute atomic E-state index is 0.133. The van der Waals surface area contributed by atoms with Crippen LogP contribution in [0.5, 0.6) is 5.75 Å². The number of rotatable bonds is 4. The molecule has 0 fully saturated rings. The number of nitro benzene ring substituents is 1. The highest BCUT2D eigenvalue weighted by atomic mass is 16.6. The van der Waals surface area contributed by atoms with Crippen molar-refractivity contribution in [3.8, 4) is 11.8 Å². The second kappa shape index (κ2) is 6.85. The van der Waals surface area contributed by atoms with E-state index in [1.54, 1.807) is 12.1 Å². The van der Waals surface area contributed by atoms with E-state index in [9.17, 15) is 15.4 Å². The number of nitrogens with zero attached hydrogens (tertiary/aromatic N) is 2. The van der Waals surface area contributed by atoms with Gasteiger partial charge in [0.1, 0.15) is 0 Å². The molecule has 0 aliphatic heterocycles. The molecule has 0 bridgehead atoms. The summed E-state index contributed by atoms with van der Waals surface area (Å²) in [5, 5.41) is 22.8. The summed E-state index contributed by atoms with van der Waals surface area (Å²) in [5.74, 6) is 0.186. The van der Waals surface area contributed by atoms with E-state index < -0.39 is 4.92 Å². The number of hydrogen-bond donors (Lipinski definition) is 0. The molecule has 0 amide bonds. The first kappa shape index (κ1) is 16.2. The zero-order valence-corrected chi connectivity index (χ0v) is 13.5. The normalized spacial score (nSPS) is 11.1. The van der Waals surface area contributed by atoms with Crippen molar-refractivity contribution in [1.82, 2.24) is 0 Å². The molecule has 5 nitrogen and oxygen atoms in total. The average molecular weight is 330 g/mol. The third-order valence-electron chi connectivity index (χ3n) is 3.91. The Bertz CT molecular complexity index is 1030. The van der Waals surface area contributed by atoms with Gasteiger partial charge in [0.05, 0.1) is 23.7 Å². The summed E-state index contributed by atoms with van der Waals surface area (Å²) in [6.07, 6.45) is 1.65. The molecule has 0 saturated carbocycles. The molecule has 0 saturated heterocycles. The van der Waals surface area contributed by atoms with Crippen molar-refractivity contribution >= 4 is 28.1 Å². The van der Waals surface area contributed by atoms with Crippen molar-refractivity contribution in [3.05, 3.63) is 81.9 Å². The predicted octanol–water partition coefficient (Wildman–Crippen LogP) is 4.82. The molecule has 3 rings (SSSR count). The smallest absolute Gasteiger partial charge is 0.311 e. The molecule has 0 aromatic heterocycles. The topological polar surface area (TPSA) is 76.2 Å². The third kappa shape index (κ3) is 3.19. The van der Waals surface area contributed by atoms with Gasteiger partial charge in [-0.3, -0.25) is 10.1 Å². The van der Waals surface area contributed by atoms with Gasteiger partial charge in [-0.2, -0.15) is 5.26 Å². The van der Waals surface area contributed by atoms with Crippen LogP contribution in [-0.2, 0) is 0 Å². The van der Waals surface area contributed by atoms with Gasteiger partial charge in [-0.15, -0.1) is 0 Å². The highest BCUT2D eigenvalue weighted by Crippen LogP contribution is 2.31. The van der Waals surface area contributed by atoms with Crippen LogP contribution in [0.4, 0.5) is 5.69 Å². The number of fused-ring (bicyclic) bond motifs is 1. The van der Waals surface area contributed by atoms with Crippen molar-refractivity contribution in [3.63, 3.8) is 0 Å². The van der Waals surface area contributed by atoms with Crippen molar-refractivity contribution < 1.29 is 9.66 Å². The van der Waals surface area contributed by atoms with Crippen molar-refractivity contribution in [2.75, 3.05) is 7.11 Å². The maximum Gasteiger partial charge on any atom is 0.311 e. The Kier molecular flexibility index (Phi) is 4.44. The molecule has 3 aromatic rings. The molecule has 3 aromatic carbocycles.